The van der Waals surface area contributed by atoms with Crippen LogP contribution in [-0.4, -0.2) is 81.4 Å². The monoisotopic (exact) mass is 906 g/mol. The van der Waals surface area contributed by atoms with Crippen molar-refractivity contribution in [3.05, 3.63) is 156 Å². The van der Waals surface area contributed by atoms with Crippen LogP contribution in [0.5, 0.6) is 0 Å². The molecule has 19 nitrogen and oxygen atoms in total. The lowest BCUT2D eigenvalue weighted by Gasteiger charge is -2.14. The standard InChI is InChI=1S/C45H37F3N16O3/c1-25-20-62(24-54-25)34-11-32(45(46,47)48)10-33(12-34)55-42(65)30-9-39(64-22-37(58-61-64)31-16-50-23-51-17-31)35(53-19-30)7-27-6-28(15-49-14-27)36-21-63(60-57-36)38-8-29(18-52-26(38)2)43(66)56-41-13-40(67-59-41)44(3,4)5/h6,8-24H,7H2,1-5H3,(H,55,65)(H,56,59,66). The minimum absolute atomic E-state index is 0.0268. The van der Waals surface area contributed by atoms with E-state index < -0.39 is 23.6 Å². The summed E-state index contributed by atoms with van der Waals surface area (Å²) in [5.41, 5.74) is 4.38. The van der Waals surface area contributed by atoms with Crippen molar-refractivity contribution in [2.24, 2.45) is 0 Å². The predicted octanol–water partition coefficient (Wildman–Crippen LogP) is 7.36. The molecule has 336 valence electrons. The summed E-state index contributed by atoms with van der Waals surface area (Å²) in [4.78, 5) is 52.8. The van der Waals surface area contributed by atoms with E-state index in [0.29, 0.717) is 62.3 Å². The first-order chi connectivity index (χ1) is 32.0. The fourth-order valence-corrected chi connectivity index (χ4v) is 6.83. The fraction of sp³-hybridized carbons (Fsp3) is 0.178. The van der Waals surface area contributed by atoms with Crippen molar-refractivity contribution < 1.29 is 27.3 Å². The number of carbonyl (C=O) groups excluding carboxylic acids is 2. The van der Waals surface area contributed by atoms with E-state index in [1.165, 1.54) is 51.1 Å². The van der Waals surface area contributed by atoms with Gasteiger partial charge in [0.1, 0.15) is 23.5 Å². The molecule has 0 saturated heterocycles. The molecule has 9 aromatic rings. The van der Waals surface area contributed by atoms with Gasteiger partial charge >= 0.3 is 6.18 Å². The van der Waals surface area contributed by atoms with Crippen molar-refractivity contribution >= 4 is 23.3 Å². The molecule has 2 amide bonds. The number of imidazole rings is 1. The van der Waals surface area contributed by atoms with Crippen LogP contribution in [0.15, 0.2) is 115 Å². The third-order valence-electron chi connectivity index (χ3n) is 10.3. The Labute approximate surface area is 378 Å². The number of pyridine rings is 3. The minimum Gasteiger partial charge on any atom is -0.359 e. The number of halogens is 3. The van der Waals surface area contributed by atoms with E-state index >= 15 is 0 Å². The fourth-order valence-electron chi connectivity index (χ4n) is 6.83. The average Bonchev–Trinajstić information content (AvgIpc) is 4.15. The molecule has 8 aromatic heterocycles. The Morgan fingerprint density at radius 2 is 1.37 bits per heavy atom. The number of benzene rings is 1. The number of amides is 2. The van der Waals surface area contributed by atoms with E-state index in [-0.39, 0.29) is 40.2 Å². The second-order valence-electron chi connectivity index (χ2n) is 16.4. The van der Waals surface area contributed by atoms with Gasteiger partial charge in [-0.3, -0.25) is 24.5 Å². The van der Waals surface area contributed by atoms with Crippen LogP contribution in [0.4, 0.5) is 24.7 Å². The quantitative estimate of drug-likeness (QED) is 0.129. The van der Waals surface area contributed by atoms with Crippen molar-refractivity contribution in [2.75, 3.05) is 10.6 Å². The van der Waals surface area contributed by atoms with Crippen LogP contribution in [0.25, 0.3) is 39.6 Å². The third-order valence-corrected chi connectivity index (χ3v) is 10.3. The predicted molar refractivity (Wildman–Crippen MR) is 235 cm³/mol. The maximum atomic E-state index is 14.0. The molecule has 0 atom stereocenters. The number of nitrogens with one attached hydrogen (secondary N) is 2. The molecule has 0 aliphatic heterocycles. The zero-order valence-electron chi connectivity index (χ0n) is 36.2. The molecule has 0 aliphatic rings. The van der Waals surface area contributed by atoms with Crippen LogP contribution in [-0.2, 0) is 18.0 Å². The molecular weight excluding hydrogens is 870 g/mol. The molecule has 0 unspecified atom stereocenters. The smallest absolute Gasteiger partial charge is 0.359 e. The molecule has 0 radical (unpaired) electrons. The van der Waals surface area contributed by atoms with E-state index in [4.69, 9.17) is 4.52 Å². The molecule has 8 heterocycles. The molecule has 0 bridgehead atoms. The number of hydrogen-bond donors (Lipinski definition) is 2. The Hall–Kier alpha value is -8.82. The number of aryl methyl sites for hydroxylation is 2. The van der Waals surface area contributed by atoms with Gasteiger partial charge in [0, 0.05) is 83.8 Å². The number of carbonyl (C=O) groups is 2. The molecule has 67 heavy (non-hydrogen) atoms. The zero-order chi connectivity index (χ0) is 47.0. The summed E-state index contributed by atoms with van der Waals surface area (Å²) in [6.07, 6.45) is 12.3. The van der Waals surface area contributed by atoms with Crippen LogP contribution >= 0.6 is 0 Å². The first-order valence-electron chi connectivity index (χ1n) is 20.4. The highest BCUT2D eigenvalue weighted by Gasteiger charge is 2.32. The summed E-state index contributed by atoms with van der Waals surface area (Å²) < 4.78 is 51.9. The van der Waals surface area contributed by atoms with Crippen LogP contribution < -0.4 is 10.6 Å². The summed E-state index contributed by atoms with van der Waals surface area (Å²) in [5.74, 6) is -0.274. The second kappa shape index (κ2) is 17.3. The largest absolute Gasteiger partial charge is 0.416 e. The van der Waals surface area contributed by atoms with Gasteiger partial charge in [-0.2, -0.15) is 13.2 Å². The second-order valence-corrected chi connectivity index (χ2v) is 16.4. The Balaban J connectivity index is 0.993. The molecule has 1 aromatic carbocycles. The SMILES string of the molecule is Cc1cn(-c2cc(NC(=O)c3cnc(Cc4cncc(-c5cn(-c6cc(C(=O)Nc7cc(C(C)(C)C)on7)cnc6C)nn5)c4)c(-n4cc(-c5cncnc5)nn4)c3)cc(C(F)(F)F)c2)cn1. The van der Waals surface area contributed by atoms with Crippen molar-refractivity contribution in [2.45, 2.75) is 52.6 Å². The van der Waals surface area contributed by atoms with Crippen LogP contribution in [0.1, 0.15) is 75.5 Å². The van der Waals surface area contributed by atoms with Gasteiger partial charge < -0.3 is 19.7 Å². The summed E-state index contributed by atoms with van der Waals surface area (Å²) in [6.45, 7) is 9.41. The van der Waals surface area contributed by atoms with Gasteiger partial charge in [-0.15, -0.1) is 10.2 Å². The number of anilines is 2. The highest BCUT2D eigenvalue weighted by molar-refractivity contribution is 6.05. The summed E-state index contributed by atoms with van der Waals surface area (Å²) >= 11 is 0. The first-order valence-corrected chi connectivity index (χ1v) is 20.4. The van der Waals surface area contributed by atoms with E-state index in [0.717, 1.165) is 12.1 Å². The Bertz CT molecular complexity index is 3300. The van der Waals surface area contributed by atoms with Crippen LogP contribution in [0.2, 0.25) is 0 Å². The molecule has 0 saturated carbocycles. The molecule has 0 spiro atoms. The molecule has 0 fully saturated rings. The summed E-state index contributed by atoms with van der Waals surface area (Å²) in [6, 6.07) is 9.94. The Kier molecular flexibility index (Phi) is 11.2. The highest BCUT2D eigenvalue weighted by Crippen LogP contribution is 2.34. The lowest BCUT2D eigenvalue weighted by Crippen LogP contribution is -2.16. The third kappa shape index (κ3) is 9.53. The van der Waals surface area contributed by atoms with E-state index in [1.54, 1.807) is 69.4 Å². The van der Waals surface area contributed by atoms with Gasteiger partial charge in [0.15, 0.2) is 5.82 Å². The maximum Gasteiger partial charge on any atom is 0.416 e. The van der Waals surface area contributed by atoms with E-state index in [1.807, 2.05) is 26.8 Å². The first kappa shape index (κ1) is 43.4. The molecule has 22 heteroatoms. The zero-order valence-corrected chi connectivity index (χ0v) is 36.2. The Morgan fingerprint density at radius 3 is 2.06 bits per heavy atom. The van der Waals surface area contributed by atoms with Crippen LogP contribution in [0.3, 0.4) is 0 Å². The van der Waals surface area contributed by atoms with Gasteiger partial charge in [0.25, 0.3) is 11.8 Å². The number of aromatic nitrogens is 14. The van der Waals surface area contributed by atoms with Crippen molar-refractivity contribution in [3.8, 4) is 39.6 Å². The molecule has 9 rings (SSSR count). The maximum absolute atomic E-state index is 14.0. The summed E-state index contributed by atoms with van der Waals surface area (Å²) in [7, 11) is 0. The average molecular weight is 907 g/mol. The Morgan fingerprint density at radius 1 is 0.701 bits per heavy atom. The molecular formula is C45H37F3N16O3. The van der Waals surface area contributed by atoms with Gasteiger partial charge in [0.05, 0.1) is 63.9 Å². The summed E-state index contributed by atoms with van der Waals surface area (Å²) in [5, 5.41) is 26.6. The molecule has 2 N–H and O–H groups in total. The van der Waals surface area contributed by atoms with Crippen molar-refractivity contribution in [3.63, 3.8) is 0 Å². The van der Waals surface area contributed by atoms with Crippen molar-refractivity contribution in [1.82, 2.24) is 69.6 Å². The van der Waals surface area contributed by atoms with E-state index in [9.17, 15) is 22.8 Å². The minimum atomic E-state index is -4.70. The highest BCUT2D eigenvalue weighted by atomic mass is 19.4. The number of alkyl halides is 3. The lowest BCUT2D eigenvalue weighted by molar-refractivity contribution is -0.137. The van der Waals surface area contributed by atoms with Crippen LogP contribution in [0, 0.1) is 13.8 Å². The van der Waals surface area contributed by atoms with Gasteiger partial charge in [-0.25, -0.2) is 24.3 Å². The van der Waals surface area contributed by atoms with Crippen molar-refractivity contribution in [1.29, 1.82) is 0 Å². The number of hydrogen-bond acceptors (Lipinski definition) is 14. The normalized spacial score (nSPS) is 11.8. The number of rotatable bonds is 11. The number of nitrogens with zero attached hydrogens (tertiary/aromatic N) is 14. The van der Waals surface area contributed by atoms with Gasteiger partial charge in [0.2, 0.25) is 0 Å². The van der Waals surface area contributed by atoms with Gasteiger partial charge in [-0.05, 0) is 55.8 Å². The molecule has 0 aliphatic carbocycles. The van der Waals surface area contributed by atoms with Gasteiger partial charge in [-0.1, -0.05) is 36.4 Å². The van der Waals surface area contributed by atoms with E-state index in [2.05, 4.69) is 66.3 Å². The topological polar surface area (TPSA) is 228 Å². The lowest BCUT2D eigenvalue weighted by atomic mass is 9.93.